The van der Waals surface area contributed by atoms with E-state index in [1.165, 1.54) is 18.2 Å². The molecule has 0 bridgehead atoms. The summed E-state index contributed by atoms with van der Waals surface area (Å²) in [5.74, 6) is 0.175. The third-order valence-electron chi connectivity index (χ3n) is 5.56. The van der Waals surface area contributed by atoms with Gasteiger partial charge in [-0.15, -0.1) is 0 Å². The molecule has 0 fully saturated rings. The molecule has 0 unspecified atom stereocenters. The van der Waals surface area contributed by atoms with Gasteiger partial charge in [0.05, 0.1) is 4.92 Å². The van der Waals surface area contributed by atoms with Crippen LogP contribution in [-0.2, 0) is 0 Å². The maximum absolute atomic E-state index is 12.7. The molecular weight excluding hydrogens is 516 g/mol. The molecule has 0 atom stereocenters. The Bertz CT molecular complexity index is 1690. The van der Waals surface area contributed by atoms with Crippen molar-refractivity contribution in [3.63, 3.8) is 0 Å². The van der Waals surface area contributed by atoms with Crippen LogP contribution in [0.25, 0.3) is 33.9 Å². The number of thiocarbonyl (C=S) groups is 1. The number of aromatic nitrogens is 1. The van der Waals surface area contributed by atoms with Gasteiger partial charge in [-0.05, 0) is 67.2 Å². The Kier molecular flexibility index (Phi) is 6.43. The smallest absolute Gasteiger partial charge is 0.293 e. The number of nitrogens with one attached hydrogen (secondary N) is 2. The van der Waals surface area contributed by atoms with Crippen molar-refractivity contribution in [1.82, 2.24) is 10.3 Å². The van der Waals surface area contributed by atoms with E-state index in [-0.39, 0.29) is 16.6 Å². The highest BCUT2D eigenvalue weighted by Crippen LogP contribution is 2.31. The number of furan rings is 1. The molecule has 0 saturated carbocycles. The zero-order chi connectivity index (χ0) is 26.1. The number of fused-ring (bicyclic) bond motifs is 1. The van der Waals surface area contributed by atoms with Gasteiger partial charge in [-0.1, -0.05) is 29.8 Å². The molecule has 184 valence electrons. The number of non-ortho nitro benzene ring substituents is 1. The van der Waals surface area contributed by atoms with E-state index in [0.29, 0.717) is 39.0 Å². The van der Waals surface area contributed by atoms with Crippen molar-refractivity contribution >= 4 is 57.3 Å². The number of halogens is 1. The Morgan fingerprint density at radius 3 is 2.68 bits per heavy atom. The fourth-order valence-electron chi connectivity index (χ4n) is 3.72. The first-order chi connectivity index (χ1) is 17.8. The van der Waals surface area contributed by atoms with E-state index < -0.39 is 10.8 Å². The number of amides is 1. The first kappa shape index (κ1) is 24.2. The average molecular weight is 533 g/mol. The Balaban J connectivity index is 1.30. The quantitative estimate of drug-likeness (QED) is 0.145. The van der Waals surface area contributed by atoms with Crippen molar-refractivity contribution in [1.29, 1.82) is 0 Å². The lowest BCUT2D eigenvalue weighted by Crippen LogP contribution is -2.34. The Hall–Kier alpha value is -4.54. The van der Waals surface area contributed by atoms with Crippen LogP contribution in [0.2, 0.25) is 5.02 Å². The minimum Gasteiger partial charge on any atom is -0.451 e. The Morgan fingerprint density at radius 1 is 1.05 bits per heavy atom. The molecule has 2 heterocycles. The summed E-state index contributed by atoms with van der Waals surface area (Å²) < 4.78 is 11.5. The van der Waals surface area contributed by atoms with E-state index in [9.17, 15) is 14.9 Å². The third-order valence-corrected chi connectivity index (χ3v) is 6.00. The van der Waals surface area contributed by atoms with Gasteiger partial charge in [0.15, 0.2) is 16.5 Å². The van der Waals surface area contributed by atoms with E-state index in [1.807, 2.05) is 25.1 Å². The van der Waals surface area contributed by atoms with E-state index in [0.717, 1.165) is 11.1 Å². The molecule has 9 nitrogen and oxygen atoms in total. The summed E-state index contributed by atoms with van der Waals surface area (Å²) in [6.07, 6.45) is 0. The van der Waals surface area contributed by atoms with Crippen molar-refractivity contribution in [2.24, 2.45) is 0 Å². The normalized spacial score (nSPS) is 10.9. The van der Waals surface area contributed by atoms with Gasteiger partial charge in [-0.2, -0.15) is 0 Å². The molecule has 0 saturated heterocycles. The summed E-state index contributed by atoms with van der Waals surface area (Å²) in [6.45, 7) is 1.88. The SMILES string of the molecule is Cc1c(NC(=S)NC(=O)c2ccc(-c3cccc([N+](=O)[O-])c3)o2)cccc1-c1nc2cc(Cl)ccc2o1. The second-order valence-electron chi connectivity index (χ2n) is 7.99. The third kappa shape index (κ3) is 5.06. The molecule has 3 aromatic carbocycles. The summed E-state index contributed by atoms with van der Waals surface area (Å²) in [4.78, 5) is 27.7. The lowest BCUT2D eigenvalue weighted by molar-refractivity contribution is -0.384. The number of nitrogens with zero attached hydrogens (tertiary/aromatic N) is 2. The van der Waals surface area contributed by atoms with Gasteiger partial charge in [-0.3, -0.25) is 20.2 Å². The van der Waals surface area contributed by atoms with E-state index in [2.05, 4.69) is 15.6 Å². The van der Waals surface area contributed by atoms with E-state index in [1.54, 1.807) is 36.4 Å². The van der Waals surface area contributed by atoms with Crippen LogP contribution < -0.4 is 10.6 Å². The van der Waals surface area contributed by atoms with Gasteiger partial charge in [0, 0.05) is 34.0 Å². The predicted octanol–water partition coefficient (Wildman–Crippen LogP) is 6.75. The van der Waals surface area contributed by atoms with Crippen molar-refractivity contribution in [3.05, 3.63) is 99.3 Å². The monoisotopic (exact) mass is 532 g/mol. The van der Waals surface area contributed by atoms with Crippen molar-refractivity contribution in [2.75, 3.05) is 5.32 Å². The van der Waals surface area contributed by atoms with Gasteiger partial charge < -0.3 is 14.2 Å². The molecule has 2 N–H and O–H groups in total. The maximum Gasteiger partial charge on any atom is 0.293 e. The molecule has 2 aromatic heterocycles. The molecule has 0 spiro atoms. The number of carbonyl (C=O) groups excluding carboxylic acids is 1. The highest BCUT2D eigenvalue weighted by molar-refractivity contribution is 7.80. The fraction of sp³-hybridized carbons (Fsp3) is 0.0385. The minimum atomic E-state index is -0.571. The fourth-order valence-corrected chi connectivity index (χ4v) is 4.09. The second-order valence-corrected chi connectivity index (χ2v) is 8.83. The molecular formula is C26H17ClN4O5S. The first-order valence-electron chi connectivity index (χ1n) is 10.9. The molecule has 11 heteroatoms. The molecule has 5 rings (SSSR count). The van der Waals surface area contributed by atoms with Gasteiger partial charge in [0.1, 0.15) is 11.3 Å². The van der Waals surface area contributed by atoms with Gasteiger partial charge in [0.2, 0.25) is 5.89 Å². The summed E-state index contributed by atoms with van der Waals surface area (Å²) in [5, 5.41) is 17.2. The topological polar surface area (TPSA) is 123 Å². The van der Waals surface area contributed by atoms with Crippen LogP contribution in [0.4, 0.5) is 11.4 Å². The summed E-state index contributed by atoms with van der Waals surface area (Å²) in [5.41, 5.74) is 3.86. The largest absolute Gasteiger partial charge is 0.451 e. The number of anilines is 1. The standard InChI is InChI=1S/C26H17ClN4O5S/c1-14-18(25-28-20-13-16(27)8-9-22(20)36-25)6-3-7-19(14)29-26(37)30-24(32)23-11-10-21(35-23)15-4-2-5-17(12-15)31(33)34/h2-13H,1H3,(H2,29,30,32,37). The summed E-state index contributed by atoms with van der Waals surface area (Å²) >= 11 is 11.4. The average Bonchev–Trinajstić information content (AvgIpc) is 3.53. The number of rotatable bonds is 5. The molecule has 0 aliphatic heterocycles. The first-order valence-corrected chi connectivity index (χ1v) is 11.7. The second kappa shape index (κ2) is 9.84. The molecule has 1 amide bonds. The number of hydrogen-bond donors (Lipinski definition) is 2. The van der Waals surface area contributed by atoms with E-state index in [4.69, 9.17) is 32.7 Å². The molecule has 5 aromatic rings. The maximum atomic E-state index is 12.7. The summed E-state index contributed by atoms with van der Waals surface area (Å²) in [6, 6.07) is 19.7. The number of carbonyl (C=O) groups is 1. The molecule has 0 aliphatic carbocycles. The van der Waals surface area contributed by atoms with Crippen LogP contribution in [0.3, 0.4) is 0 Å². The van der Waals surface area contributed by atoms with Gasteiger partial charge in [-0.25, -0.2) is 4.98 Å². The van der Waals surface area contributed by atoms with Crippen LogP contribution in [0.15, 0.2) is 81.6 Å². The van der Waals surface area contributed by atoms with Crippen LogP contribution in [0.5, 0.6) is 0 Å². The predicted molar refractivity (Wildman–Crippen MR) is 144 cm³/mol. The van der Waals surface area contributed by atoms with Crippen LogP contribution in [-0.4, -0.2) is 20.9 Å². The van der Waals surface area contributed by atoms with Crippen LogP contribution in [0.1, 0.15) is 16.1 Å². The lowest BCUT2D eigenvalue weighted by atomic mass is 10.1. The zero-order valence-electron chi connectivity index (χ0n) is 19.2. The highest BCUT2D eigenvalue weighted by atomic mass is 35.5. The minimum absolute atomic E-state index is 0.00117. The van der Waals surface area contributed by atoms with Gasteiger partial charge >= 0.3 is 0 Å². The van der Waals surface area contributed by atoms with Crippen molar-refractivity contribution < 1.29 is 18.6 Å². The number of oxazole rings is 1. The number of benzene rings is 3. The highest BCUT2D eigenvalue weighted by Gasteiger charge is 2.17. The van der Waals surface area contributed by atoms with Gasteiger partial charge in [0.25, 0.3) is 11.6 Å². The number of nitro benzene ring substituents is 1. The molecule has 0 aliphatic rings. The zero-order valence-corrected chi connectivity index (χ0v) is 20.7. The lowest BCUT2D eigenvalue weighted by Gasteiger charge is -2.13. The van der Waals surface area contributed by atoms with Crippen molar-refractivity contribution in [2.45, 2.75) is 6.92 Å². The van der Waals surface area contributed by atoms with Crippen LogP contribution in [0, 0.1) is 17.0 Å². The molecule has 0 radical (unpaired) electrons. The molecule has 37 heavy (non-hydrogen) atoms. The van der Waals surface area contributed by atoms with Crippen LogP contribution >= 0.6 is 23.8 Å². The van der Waals surface area contributed by atoms with Crippen molar-refractivity contribution in [3.8, 4) is 22.8 Å². The Morgan fingerprint density at radius 2 is 1.86 bits per heavy atom. The van der Waals surface area contributed by atoms with E-state index >= 15 is 0 Å². The summed E-state index contributed by atoms with van der Waals surface area (Å²) in [7, 11) is 0. The number of hydrogen-bond acceptors (Lipinski definition) is 7. The Labute approximate surface area is 220 Å². The number of nitro groups is 1.